The van der Waals surface area contributed by atoms with Crippen LogP contribution in [0, 0.1) is 0 Å². The monoisotopic (exact) mass is 379 g/mol. The van der Waals surface area contributed by atoms with Gasteiger partial charge in [-0.1, -0.05) is 11.6 Å². The number of urea groups is 2. The normalized spacial score (nSPS) is 13.0. The molecule has 1 aliphatic rings. The number of rotatable bonds is 5. The van der Waals surface area contributed by atoms with E-state index in [1.54, 1.807) is 18.2 Å². The van der Waals surface area contributed by atoms with Gasteiger partial charge >= 0.3 is 12.1 Å². The Kier molecular flexibility index (Phi) is 5.42. The minimum atomic E-state index is -0.661. The quantitative estimate of drug-likeness (QED) is 0.506. The maximum absolute atomic E-state index is 11.8. The lowest BCUT2D eigenvalue weighted by Gasteiger charge is -2.11. The highest BCUT2D eigenvalue weighted by molar-refractivity contribution is 6.33. The number of anilines is 1. The highest BCUT2D eigenvalue weighted by Gasteiger charge is 2.27. The summed E-state index contributed by atoms with van der Waals surface area (Å²) in [6.07, 6.45) is 2.20. The third kappa shape index (κ3) is 4.76. The van der Waals surface area contributed by atoms with E-state index in [9.17, 15) is 9.59 Å². The number of hydrogen-bond donors (Lipinski definition) is 5. The molecular weight excluding hydrogens is 362 g/mol. The molecule has 1 aliphatic carbocycles. The Labute approximate surface area is 154 Å². The van der Waals surface area contributed by atoms with Crippen LogP contribution in [0.5, 0.6) is 5.75 Å². The number of benzene rings is 1. The van der Waals surface area contributed by atoms with Crippen molar-refractivity contribution >= 4 is 29.4 Å². The predicted molar refractivity (Wildman–Crippen MR) is 93.9 cm³/mol. The van der Waals surface area contributed by atoms with Gasteiger partial charge in [-0.3, -0.25) is 5.10 Å². The summed E-state index contributed by atoms with van der Waals surface area (Å²) in [4.78, 5) is 27.8. The van der Waals surface area contributed by atoms with Gasteiger partial charge in [0, 0.05) is 12.0 Å². The molecule has 11 heteroatoms. The Balaban J connectivity index is 1.41. The van der Waals surface area contributed by atoms with Gasteiger partial charge in [0.25, 0.3) is 0 Å². The molecule has 0 aliphatic heterocycles. The van der Waals surface area contributed by atoms with E-state index in [1.165, 1.54) is 7.11 Å². The standard InChI is InChI=1S/C15H18ClN7O3/c1-26-9-4-5-10(16)11(6-9)18-15(25)23-22-14(24)17-7-12-19-13(21-20-12)8-2-3-8/h4-6,8H,2-3,7H2,1H3,(H2,17,22,24)(H2,18,23,25)(H,19,20,21). The molecule has 0 atom stereocenters. The third-order valence-corrected chi connectivity index (χ3v) is 3.95. The highest BCUT2D eigenvalue weighted by Crippen LogP contribution is 2.37. The summed E-state index contributed by atoms with van der Waals surface area (Å²) in [5, 5.41) is 12.2. The molecule has 2 aromatic rings. The Morgan fingerprint density at radius 3 is 2.81 bits per heavy atom. The SMILES string of the molecule is COc1ccc(Cl)c(NC(=O)NNC(=O)NCc2nc(C3CC3)n[nH]2)c1. The maximum atomic E-state index is 11.8. The van der Waals surface area contributed by atoms with Crippen molar-refractivity contribution in [2.75, 3.05) is 12.4 Å². The molecule has 0 spiro atoms. The summed E-state index contributed by atoms with van der Waals surface area (Å²) >= 11 is 5.99. The van der Waals surface area contributed by atoms with Crippen molar-refractivity contribution in [2.24, 2.45) is 0 Å². The van der Waals surface area contributed by atoms with Gasteiger partial charge < -0.3 is 15.4 Å². The number of aromatic nitrogens is 3. The summed E-state index contributed by atoms with van der Waals surface area (Å²) in [7, 11) is 1.50. The number of amides is 4. The van der Waals surface area contributed by atoms with Gasteiger partial charge in [-0.25, -0.2) is 25.4 Å². The van der Waals surface area contributed by atoms with E-state index < -0.39 is 12.1 Å². The van der Waals surface area contributed by atoms with Crippen LogP contribution < -0.4 is 26.2 Å². The molecule has 26 heavy (non-hydrogen) atoms. The van der Waals surface area contributed by atoms with E-state index >= 15 is 0 Å². The van der Waals surface area contributed by atoms with Gasteiger partial charge in [0.15, 0.2) is 5.82 Å². The number of aromatic amines is 1. The highest BCUT2D eigenvalue weighted by atomic mass is 35.5. The average Bonchev–Trinajstić information content (AvgIpc) is 3.38. The zero-order chi connectivity index (χ0) is 18.5. The topological polar surface area (TPSA) is 133 Å². The fourth-order valence-electron chi connectivity index (χ4n) is 2.12. The second kappa shape index (κ2) is 7.91. The second-order valence-electron chi connectivity index (χ2n) is 5.65. The van der Waals surface area contributed by atoms with Gasteiger partial charge in [-0.05, 0) is 25.0 Å². The molecule has 5 N–H and O–H groups in total. The first-order valence-electron chi connectivity index (χ1n) is 7.90. The molecule has 0 unspecified atom stereocenters. The number of hydrogen-bond acceptors (Lipinski definition) is 5. The van der Waals surface area contributed by atoms with Gasteiger partial charge in [-0.15, -0.1) is 0 Å². The number of nitrogens with zero attached hydrogens (tertiary/aromatic N) is 2. The van der Waals surface area contributed by atoms with Crippen molar-refractivity contribution < 1.29 is 14.3 Å². The molecular formula is C15H18ClN7O3. The van der Waals surface area contributed by atoms with Crippen molar-refractivity contribution in [3.63, 3.8) is 0 Å². The van der Waals surface area contributed by atoms with Crippen molar-refractivity contribution in [3.05, 3.63) is 34.9 Å². The molecule has 0 radical (unpaired) electrons. The molecule has 3 rings (SSSR count). The molecule has 1 aromatic heterocycles. The number of methoxy groups -OCH3 is 1. The van der Waals surface area contributed by atoms with E-state index in [-0.39, 0.29) is 6.54 Å². The Morgan fingerprint density at radius 2 is 2.08 bits per heavy atom. The fourth-order valence-corrected chi connectivity index (χ4v) is 2.28. The lowest BCUT2D eigenvalue weighted by molar-refractivity contribution is 0.229. The van der Waals surface area contributed by atoms with Crippen LogP contribution in [0.1, 0.15) is 30.4 Å². The number of hydrazine groups is 1. The van der Waals surface area contributed by atoms with E-state index in [1.807, 2.05) is 0 Å². The summed E-state index contributed by atoms with van der Waals surface area (Å²) in [6.45, 7) is 0.163. The minimum absolute atomic E-state index is 0.163. The fraction of sp³-hybridized carbons (Fsp3) is 0.333. The van der Waals surface area contributed by atoms with Crippen LogP contribution in [0.4, 0.5) is 15.3 Å². The zero-order valence-electron chi connectivity index (χ0n) is 13.9. The Hall–Kier alpha value is -3.01. The van der Waals surface area contributed by atoms with E-state index in [0.29, 0.717) is 28.2 Å². The predicted octanol–water partition coefficient (Wildman–Crippen LogP) is 1.88. The van der Waals surface area contributed by atoms with E-state index in [4.69, 9.17) is 16.3 Å². The zero-order valence-corrected chi connectivity index (χ0v) is 14.7. The van der Waals surface area contributed by atoms with Crippen LogP contribution in [0.3, 0.4) is 0 Å². The number of ether oxygens (including phenoxy) is 1. The van der Waals surface area contributed by atoms with Gasteiger partial charge in [-0.2, -0.15) is 5.10 Å². The molecule has 1 fully saturated rings. The summed E-state index contributed by atoms with van der Waals surface area (Å²) in [6, 6.07) is 3.55. The van der Waals surface area contributed by atoms with Crippen LogP contribution in [0.25, 0.3) is 0 Å². The number of H-pyrrole nitrogens is 1. The Bertz CT molecular complexity index is 806. The van der Waals surface area contributed by atoms with Crippen LogP contribution in [-0.2, 0) is 6.54 Å². The van der Waals surface area contributed by atoms with Gasteiger partial charge in [0.2, 0.25) is 0 Å². The number of nitrogens with one attached hydrogen (secondary N) is 5. The molecule has 1 saturated carbocycles. The first-order chi connectivity index (χ1) is 12.5. The summed E-state index contributed by atoms with van der Waals surface area (Å²) < 4.78 is 5.06. The molecule has 4 amide bonds. The first kappa shape index (κ1) is 17.8. The third-order valence-electron chi connectivity index (χ3n) is 3.62. The number of carbonyl (C=O) groups is 2. The van der Waals surface area contributed by atoms with Crippen molar-refractivity contribution in [2.45, 2.75) is 25.3 Å². The largest absolute Gasteiger partial charge is 0.497 e. The molecule has 1 aromatic carbocycles. The molecule has 1 heterocycles. The molecule has 0 bridgehead atoms. The number of halogens is 1. The van der Waals surface area contributed by atoms with E-state index in [0.717, 1.165) is 18.7 Å². The van der Waals surface area contributed by atoms with E-state index in [2.05, 4.69) is 36.7 Å². The minimum Gasteiger partial charge on any atom is -0.497 e. The van der Waals surface area contributed by atoms with Crippen LogP contribution >= 0.6 is 11.6 Å². The summed E-state index contributed by atoms with van der Waals surface area (Å²) in [5.41, 5.74) is 4.77. The summed E-state index contributed by atoms with van der Waals surface area (Å²) in [5.74, 6) is 2.29. The van der Waals surface area contributed by atoms with Crippen LogP contribution in [0.15, 0.2) is 18.2 Å². The maximum Gasteiger partial charge on any atom is 0.338 e. The molecule has 0 saturated heterocycles. The smallest absolute Gasteiger partial charge is 0.338 e. The lowest BCUT2D eigenvalue weighted by Crippen LogP contribution is -2.48. The van der Waals surface area contributed by atoms with Gasteiger partial charge in [0.05, 0.1) is 24.4 Å². The average molecular weight is 380 g/mol. The first-order valence-corrected chi connectivity index (χ1v) is 8.28. The molecule has 138 valence electrons. The van der Waals surface area contributed by atoms with Crippen LogP contribution in [0.2, 0.25) is 5.02 Å². The number of carbonyl (C=O) groups excluding carboxylic acids is 2. The van der Waals surface area contributed by atoms with Crippen LogP contribution in [-0.4, -0.2) is 34.4 Å². The Morgan fingerprint density at radius 1 is 1.31 bits per heavy atom. The second-order valence-corrected chi connectivity index (χ2v) is 6.05. The van der Waals surface area contributed by atoms with Crippen molar-refractivity contribution in [1.82, 2.24) is 31.3 Å². The van der Waals surface area contributed by atoms with Crippen molar-refractivity contribution in [1.29, 1.82) is 0 Å². The van der Waals surface area contributed by atoms with Crippen molar-refractivity contribution in [3.8, 4) is 5.75 Å². The lowest BCUT2D eigenvalue weighted by atomic mass is 10.3. The molecule has 10 nitrogen and oxygen atoms in total. The van der Waals surface area contributed by atoms with Gasteiger partial charge in [0.1, 0.15) is 11.6 Å².